The van der Waals surface area contributed by atoms with Crippen LogP contribution in [0.4, 0.5) is 11.4 Å². The minimum atomic E-state index is -0.434. The van der Waals surface area contributed by atoms with E-state index in [1.165, 1.54) is 0 Å². The molecule has 3 aromatic carbocycles. The molecule has 1 heterocycles. The summed E-state index contributed by atoms with van der Waals surface area (Å²) < 4.78 is 12.1. The summed E-state index contributed by atoms with van der Waals surface area (Å²) in [5.74, 6) is 1.28. The normalized spacial score (nSPS) is 15.6. The Labute approximate surface area is 188 Å². The van der Waals surface area contributed by atoms with Gasteiger partial charge in [0.2, 0.25) is 11.8 Å². The molecule has 6 nitrogen and oxygen atoms in total. The maximum absolute atomic E-state index is 12.7. The van der Waals surface area contributed by atoms with Gasteiger partial charge in [0.05, 0.1) is 18.7 Å². The summed E-state index contributed by atoms with van der Waals surface area (Å²) in [6.07, 6.45) is 0.161. The number of anilines is 2. The van der Waals surface area contributed by atoms with Gasteiger partial charge in [0.15, 0.2) is 0 Å². The second kappa shape index (κ2) is 9.22. The number of nitrogens with one attached hydrogen (secondary N) is 1. The summed E-state index contributed by atoms with van der Waals surface area (Å²) in [7, 11) is 1.56. The number of benzene rings is 3. The predicted molar refractivity (Wildman–Crippen MR) is 123 cm³/mol. The number of carbonyl (C=O) groups is 2. The fourth-order valence-corrected chi connectivity index (χ4v) is 3.72. The van der Waals surface area contributed by atoms with Gasteiger partial charge in [0.1, 0.15) is 17.2 Å². The Bertz CT molecular complexity index is 1080. The van der Waals surface area contributed by atoms with E-state index in [2.05, 4.69) is 21.2 Å². The molecule has 0 spiro atoms. The van der Waals surface area contributed by atoms with Gasteiger partial charge in [-0.3, -0.25) is 9.59 Å². The molecule has 0 unspecified atom stereocenters. The summed E-state index contributed by atoms with van der Waals surface area (Å²) >= 11 is 3.39. The third kappa shape index (κ3) is 4.88. The Morgan fingerprint density at radius 1 is 1.00 bits per heavy atom. The monoisotopic (exact) mass is 480 g/mol. The average Bonchev–Trinajstić information content (AvgIpc) is 3.18. The molecule has 0 bridgehead atoms. The summed E-state index contributed by atoms with van der Waals surface area (Å²) in [6, 6.07) is 22.0. The highest BCUT2D eigenvalue weighted by molar-refractivity contribution is 9.10. The van der Waals surface area contributed by atoms with Gasteiger partial charge in [-0.1, -0.05) is 28.1 Å². The Balaban J connectivity index is 1.38. The van der Waals surface area contributed by atoms with E-state index in [-0.39, 0.29) is 18.2 Å². The molecule has 1 fully saturated rings. The molecule has 1 aliphatic rings. The quantitative estimate of drug-likeness (QED) is 0.523. The molecule has 1 aliphatic heterocycles. The SMILES string of the molecule is COc1ccccc1N1C[C@@H](C(=O)Nc2ccc(Oc3ccc(Br)cc3)cc2)CC1=O. The van der Waals surface area contributed by atoms with Crippen LogP contribution >= 0.6 is 15.9 Å². The number of para-hydroxylation sites is 2. The Morgan fingerprint density at radius 2 is 1.65 bits per heavy atom. The standard InChI is InChI=1S/C24H21BrN2O4/c1-30-22-5-3-2-4-21(22)27-15-16(14-23(27)28)24(29)26-18-8-12-20(13-9-18)31-19-10-6-17(25)7-11-19/h2-13,16H,14-15H2,1H3,(H,26,29)/t16-/m0/s1. The van der Waals surface area contributed by atoms with Gasteiger partial charge >= 0.3 is 0 Å². The highest BCUT2D eigenvalue weighted by Crippen LogP contribution is 2.33. The molecule has 31 heavy (non-hydrogen) atoms. The van der Waals surface area contributed by atoms with Gasteiger partial charge in [0.25, 0.3) is 0 Å². The lowest BCUT2D eigenvalue weighted by Gasteiger charge is -2.19. The van der Waals surface area contributed by atoms with Crippen LogP contribution in [0, 0.1) is 5.92 Å². The van der Waals surface area contributed by atoms with E-state index in [4.69, 9.17) is 9.47 Å². The summed E-state index contributed by atoms with van der Waals surface area (Å²) in [4.78, 5) is 26.9. The van der Waals surface area contributed by atoms with Gasteiger partial charge < -0.3 is 19.7 Å². The molecular weight excluding hydrogens is 460 g/mol. The fourth-order valence-electron chi connectivity index (χ4n) is 3.46. The van der Waals surface area contributed by atoms with E-state index in [9.17, 15) is 9.59 Å². The van der Waals surface area contributed by atoms with Crippen LogP contribution < -0.4 is 19.7 Å². The van der Waals surface area contributed by atoms with E-state index in [0.29, 0.717) is 29.4 Å². The van der Waals surface area contributed by atoms with Gasteiger partial charge in [-0.25, -0.2) is 0 Å². The molecule has 1 N–H and O–H groups in total. The first-order chi connectivity index (χ1) is 15.0. The Kier molecular flexibility index (Phi) is 6.23. The molecule has 0 radical (unpaired) electrons. The first-order valence-corrected chi connectivity index (χ1v) is 10.6. The maximum Gasteiger partial charge on any atom is 0.229 e. The summed E-state index contributed by atoms with van der Waals surface area (Å²) in [5.41, 5.74) is 1.33. The number of rotatable bonds is 6. The van der Waals surface area contributed by atoms with Crippen LogP contribution in [0.15, 0.2) is 77.3 Å². The Hall–Kier alpha value is -3.32. The number of amides is 2. The van der Waals surface area contributed by atoms with E-state index < -0.39 is 5.92 Å². The number of hydrogen-bond acceptors (Lipinski definition) is 4. The third-order valence-electron chi connectivity index (χ3n) is 5.04. The molecule has 1 atom stereocenters. The number of hydrogen-bond donors (Lipinski definition) is 1. The molecule has 2 amide bonds. The van der Waals surface area contributed by atoms with Gasteiger partial charge in [-0.05, 0) is 60.7 Å². The lowest BCUT2D eigenvalue weighted by atomic mass is 10.1. The zero-order valence-electron chi connectivity index (χ0n) is 16.9. The molecule has 4 rings (SSSR count). The van der Waals surface area contributed by atoms with Crippen molar-refractivity contribution in [3.05, 3.63) is 77.3 Å². The van der Waals surface area contributed by atoms with Crippen molar-refractivity contribution in [3.8, 4) is 17.2 Å². The highest BCUT2D eigenvalue weighted by atomic mass is 79.9. The van der Waals surface area contributed by atoms with Crippen molar-refractivity contribution in [2.75, 3.05) is 23.9 Å². The van der Waals surface area contributed by atoms with Crippen molar-refractivity contribution in [1.29, 1.82) is 0 Å². The summed E-state index contributed by atoms with van der Waals surface area (Å²) in [6.45, 7) is 0.315. The predicted octanol–water partition coefficient (Wildman–Crippen LogP) is 5.24. The average molecular weight is 481 g/mol. The number of carbonyl (C=O) groups excluding carboxylic acids is 2. The zero-order valence-corrected chi connectivity index (χ0v) is 18.5. The number of ether oxygens (including phenoxy) is 2. The van der Waals surface area contributed by atoms with E-state index in [1.54, 1.807) is 42.3 Å². The fraction of sp³-hybridized carbons (Fsp3) is 0.167. The van der Waals surface area contributed by atoms with Gasteiger partial charge in [-0.2, -0.15) is 0 Å². The molecular formula is C24H21BrN2O4. The van der Waals surface area contributed by atoms with Crippen LogP contribution in [0.2, 0.25) is 0 Å². The van der Waals surface area contributed by atoms with Crippen LogP contribution in [0.1, 0.15) is 6.42 Å². The second-order valence-corrected chi connectivity index (χ2v) is 8.06. The first kappa shape index (κ1) is 20.9. The largest absolute Gasteiger partial charge is 0.495 e. The lowest BCUT2D eigenvalue weighted by Crippen LogP contribution is -2.28. The molecule has 158 valence electrons. The van der Waals surface area contributed by atoms with Gasteiger partial charge in [-0.15, -0.1) is 0 Å². The van der Waals surface area contributed by atoms with Crippen LogP contribution in [0.5, 0.6) is 17.2 Å². The molecule has 0 aliphatic carbocycles. The first-order valence-electron chi connectivity index (χ1n) is 9.81. The molecule has 0 saturated carbocycles. The van der Waals surface area contributed by atoms with Crippen molar-refractivity contribution in [2.24, 2.45) is 5.92 Å². The van der Waals surface area contributed by atoms with E-state index in [1.807, 2.05) is 42.5 Å². The minimum Gasteiger partial charge on any atom is -0.495 e. The van der Waals surface area contributed by atoms with Crippen molar-refractivity contribution < 1.29 is 19.1 Å². The van der Waals surface area contributed by atoms with Crippen molar-refractivity contribution in [2.45, 2.75) is 6.42 Å². The molecule has 3 aromatic rings. The smallest absolute Gasteiger partial charge is 0.229 e. The van der Waals surface area contributed by atoms with E-state index in [0.717, 1.165) is 10.2 Å². The number of nitrogens with zero attached hydrogens (tertiary/aromatic N) is 1. The lowest BCUT2D eigenvalue weighted by molar-refractivity contribution is -0.122. The van der Waals surface area contributed by atoms with E-state index >= 15 is 0 Å². The summed E-state index contributed by atoms with van der Waals surface area (Å²) in [5, 5.41) is 2.89. The Morgan fingerprint density at radius 3 is 2.32 bits per heavy atom. The maximum atomic E-state index is 12.7. The van der Waals surface area contributed by atoms with Gasteiger partial charge in [0, 0.05) is 23.1 Å². The van der Waals surface area contributed by atoms with Crippen LogP contribution in [0.3, 0.4) is 0 Å². The molecule has 7 heteroatoms. The molecule has 1 saturated heterocycles. The highest BCUT2D eigenvalue weighted by Gasteiger charge is 2.36. The molecule has 0 aromatic heterocycles. The number of methoxy groups -OCH3 is 1. The second-order valence-electron chi connectivity index (χ2n) is 7.15. The topological polar surface area (TPSA) is 67.9 Å². The zero-order chi connectivity index (χ0) is 21.8. The minimum absolute atomic E-state index is 0.0945. The number of halogens is 1. The third-order valence-corrected chi connectivity index (χ3v) is 5.57. The van der Waals surface area contributed by atoms with Crippen LogP contribution in [-0.2, 0) is 9.59 Å². The van der Waals surface area contributed by atoms with Crippen molar-refractivity contribution in [1.82, 2.24) is 0 Å². The van der Waals surface area contributed by atoms with Crippen molar-refractivity contribution in [3.63, 3.8) is 0 Å². The van der Waals surface area contributed by atoms with Crippen LogP contribution in [0.25, 0.3) is 0 Å². The van der Waals surface area contributed by atoms with Crippen molar-refractivity contribution >= 4 is 39.1 Å². The van der Waals surface area contributed by atoms with Crippen LogP contribution in [-0.4, -0.2) is 25.5 Å².